The van der Waals surface area contributed by atoms with Crippen LogP contribution in [0.25, 0.3) is 10.2 Å². The number of piperazine rings is 1. The average Bonchev–Trinajstić information content (AvgIpc) is 3.31. The van der Waals surface area contributed by atoms with Gasteiger partial charge in [0.05, 0.1) is 43.0 Å². The van der Waals surface area contributed by atoms with Crippen LogP contribution in [0.5, 0.6) is 11.5 Å². The van der Waals surface area contributed by atoms with Gasteiger partial charge in [0.15, 0.2) is 16.3 Å². The zero-order valence-electron chi connectivity index (χ0n) is 23.0. The molecule has 1 aliphatic heterocycles. The largest absolute Gasteiger partial charge is 0.493 e. The zero-order valence-corrected chi connectivity index (χ0v) is 24.6. The maximum absolute atomic E-state index is 13.2. The molecule has 2 amide bonds. The predicted octanol–water partition coefficient (Wildman–Crippen LogP) is 2.10. The number of hydrogen-bond donors (Lipinski definition) is 0. The van der Waals surface area contributed by atoms with Gasteiger partial charge in [-0.15, -0.1) is 0 Å². The number of fused-ring (bicyclic) bond motifs is 1. The SMILES string of the molecule is CCOC(=O)N1CCN(S(=O)(=O)c2ccc(C(=O)N=c3sc4cc(OC)c(OC)cc4n3CC(=O)OC)cc2)CC1. The summed E-state index contributed by atoms with van der Waals surface area (Å²) < 4.78 is 50.4. The van der Waals surface area contributed by atoms with Crippen LogP contribution in [0.3, 0.4) is 0 Å². The molecule has 41 heavy (non-hydrogen) atoms. The molecule has 13 nitrogen and oxygen atoms in total. The molecule has 220 valence electrons. The van der Waals surface area contributed by atoms with Crippen molar-refractivity contribution in [2.45, 2.75) is 18.4 Å². The minimum Gasteiger partial charge on any atom is -0.493 e. The fourth-order valence-electron chi connectivity index (χ4n) is 4.22. The van der Waals surface area contributed by atoms with Crippen LogP contribution in [0.2, 0.25) is 0 Å². The third kappa shape index (κ3) is 6.36. The summed E-state index contributed by atoms with van der Waals surface area (Å²) in [6.07, 6.45) is -0.471. The van der Waals surface area contributed by atoms with Gasteiger partial charge in [0.1, 0.15) is 6.54 Å². The number of carbonyl (C=O) groups excluding carboxylic acids is 3. The van der Waals surface area contributed by atoms with E-state index in [0.29, 0.717) is 21.7 Å². The number of aromatic nitrogens is 1. The molecule has 0 saturated carbocycles. The van der Waals surface area contributed by atoms with Crippen molar-refractivity contribution in [1.29, 1.82) is 0 Å². The summed E-state index contributed by atoms with van der Waals surface area (Å²) in [5, 5.41) is 0. The van der Waals surface area contributed by atoms with E-state index >= 15 is 0 Å². The van der Waals surface area contributed by atoms with Gasteiger partial charge < -0.3 is 28.4 Å². The highest BCUT2D eigenvalue weighted by atomic mass is 32.2. The number of carbonyl (C=O) groups is 3. The third-order valence-electron chi connectivity index (χ3n) is 6.40. The maximum atomic E-state index is 13.2. The Labute approximate surface area is 240 Å². The number of hydrogen-bond acceptors (Lipinski definition) is 10. The fraction of sp³-hybridized carbons (Fsp3) is 0.385. The highest BCUT2D eigenvalue weighted by molar-refractivity contribution is 7.89. The molecule has 3 aromatic rings. The standard InChI is InChI=1S/C26H30N4O9S2/c1-5-39-26(33)28-10-12-29(13-11-28)41(34,35)18-8-6-17(7-9-18)24(32)27-25-30(16-23(31)38-4)19-14-20(36-2)21(37-3)15-22(19)40-25/h6-9,14-15H,5,10-13,16H2,1-4H3. The first kappa shape index (κ1) is 30.0. The third-order valence-corrected chi connectivity index (χ3v) is 9.36. The molecule has 0 radical (unpaired) electrons. The van der Waals surface area contributed by atoms with E-state index in [9.17, 15) is 22.8 Å². The van der Waals surface area contributed by atoms with E-state index in [1.165, 1.54) is 66.1 Å². The lowest BCUT2D eigenvalue weighted by atomic mass is 10.2. The molecule has 0 atom stereocenters. The highest BCUT2D eigenvalue weighted by Crippen LogP contribution is 2.33. The van der Waals surface area contributed by atoms with E-state index in [4.69, 9.17) is 18.9 Å². The first-order chi connectivity index (χ1) is 19.6. The van der Waals surface area contributed by atoms with Gasteiger partial charge in [-0.3, -0.25) is 9.59 Å². The fourth-order valence-corrected chi connectivity index (χ4v) is 6.68. The first-order valence-electron chi connectivity index (χ1n) is 12.6. The minimum atomic E-state index is -3.84. The van der Waals surface area contributed by atoms with Crippen molar-refractivity contribution in [3.8, 4) is 11.5 Å². The molecule has 15 heteroatoms. The summed E-state index contributed by atoms with van der Waals surface area (Å²) in [7, 11) is 0.411. The van der Waals surface area contributed by atoms with Crippen LogP contribution in [-0.2, 0) is 30.8 Å². The summed E-state index contributed by atoms with van der Waals surface area (Å²) in [6.45, 7) is 2.43. The van der Waals surface area contributed by atoms with Crippen molar-refractivity contribution < 1.29 is 41.7 Å². The van der Waals surface area contributed by atoms with Crippen molar-refractivity contribution in [3.05, 3.63) is 46.8 Å². The van der Waals surface area contributed by atoms with E-state index in [1.54, 1.807) is 23.6 Å². The topological polar surface area (TPSA) is 146 Å². The lowest BCUT2D eigenvalue weighted by Gasteiger charge is -2.33. The number of sulfonamides is 1. The Morgan fingerprint density at radius 1 is 0.951 bits per heavy atom. The second-order valence-corrected chi connectivity index (χ2v) is 11.7. The number of benzene rings is 2. The number of thiazole rings is 1. The van der Waals surface area contributed by atoms with Crippen LogP contribution in [-0.4, -0.2) is 94.3 Å². The highest BCUT2D eigenvalue weighted by Gasteiger charge is 2.30. The Morgan fingerprint density at radius 3 is 2.17 bits per heavy atom. The molecule has 4 rings (SSSR count). The van der Waals surface area contributed by atoms with Gasteiger partial charge in [-0.2, -0.15) is 9.30 Å². The van der Waals surface area contributed by atoms with Crippen molar-refractivity contribution in [2.24, 2.45) is 4.99 Å². The second-order valence-electron chi connectivity index (χ2n) is 8.75. The number of nitrogens with zero attached hydrogens (tertiary/aromatic N) is 4. The molecule has 1 fully saturated rings. The summed E-state index contributed by atoms with van der Waals surface area (Å²) in [5.74, 6) is -0.246. The van der Waals surface area contributed by atoms with Crippen LogP contribution in [0.1, 0.15) is 17.3 Å². The predicted molar refractivity (Wildman–Crippen MR) is 149 cm³/mol. The summed E-state index contributed by atoms with van der Waals surface area (Å²) >= 11 is 1.17. The van der Waals surface area contributed by atoms with E-state index < -0.39 is 28.0 Å². The molecule has 1 aliphatic rings. The quantitative estimate of drug-likeness (QED) is 0.352. The number of esters is 1. The van der Waals surface area contributed by atoms with Crippen molar-refractivity contribution in [1.82, 2.24) is 13.8 Å². The molecule has 2 aromatic carbocycles. The molecule has 0 bridgehead atoms. The molecule has 1 aromatic heterocycles. The summed E-state index contributed by atoms with van der Waals surface area (Å²) in [4.78, 5) is 43.1. The van der Waals surface area contributed by atoms with Crippen LogP contribution >= 0.6 is 11.3 Å². The van der Waals surface area contributed by atoms with Crippen LogP contribution in [0.4, 0.5) is 4.79 Å². The van der Waals surface area contributed by atoms with Crippen molar-refractivity contribution in [3.63, 3.8) is 0 Å². The monoisotopic (exact) mass is 606 g/mol. The van der Waals surface area contributed by atoms with E-state index in [1.807, 2.05) is 0 Å². The molecule has 2 heterocycles. The lowest BCUT2D eigenvalue weighted by molar-refractivity contribution is -0.141. The molecule has 0 N–H and O–H groups in total. The maximum Gasteiger partial charge on any atom is 0.409 e. The van der Waals surface area contributed by atoms with E-state index in [0.717, 1.165) is 0 Å². The lowest BCUT2D eigenvalue weighted by Crippen LogP contribution is -2.50. The molecular weight excluding hydrogens is 576 g/mol. The summed E-state index contributed by atoms with van der Waals surface area (Å²) in [6, 6.07) is 8.87. The second kappa shape index (κ2) is 12.7. The number of rotatable bonds is 8. The van der Waals surface area contributed by atoms with Crippen LogP contribution in [0.15, 0.2) is 46.3 Å². The van der Waals surface area contributed by atoms with Crippen molar-refractivity contribution >= 4 is 49.5 Å². The van der Waals surface area contributed by atoms with Gasteiger partial charge >= 0.3 is 12.1 Å². The van der Waals surface area contributed by atoms with Gasteiger partial charge in [0, 0.05) is 43.9 Å². The zero-order chi connectivity index (χ0) is 29.7. The van der Waals surface area contributed by atoms with Gasteiger partial charge in [-0.25, -0.2) is 13.2 Å². The molecular formula is C26H30N4O9S2. The van der Waals surface area contributed by atoms with Gasteiger partial charge in [-0.05, 0) is 31.2 Å². The van der Waals surface area contributed by atoms with Gasteiger partial charge in [0.25, 0.3) is 5.91 Å². The first-order valence-corrected chi connectivity index (χ1v) is 14.8. The van der Waals surface area contributed by atoms with E-state index in [-0.39, 0.29) is 54.6 Å². The summed E-state index contributed by atoms with van der Waals surface area (Å²) in [5.41, 5.74) is 0.752. The Balaban J connectivity index is 1.60. The minimum absolute atomic E-state index is 0.0143. The van der Waals surface area contributed by atoms with Gasteiger partial charge in [-0.1, -0.05) is 11.3 Å². The Morgan fingerprint density at radius 2 is 1.59 bits per heavy atom. The number of methoxy groups -OCH3 is 3. The number of amides is 2. The van der Waals surface area contributed by atoms with E-state index in [2.05, 4.69) is 4.99 Å². The molecule has 0 spiro atoms. The Kier molecular flexibility index (Phi) is 9.30. The smallest absolute Gasteiger partial charge is 0.409 e. The van der Waals surface area contributed by atoms with Gasteiger partial charge in [0.2, 0.25) is 10.0 Å². The Bertz CT molecular complexity index is 1620. The normalized spacial score (nSPS) is 14.6. The molecule has 0 unspecified atom stereocenters. The average molecular weight is 607 g/mol. The number of ether oxygens (including phenoxy) is 4. The van der Waals surface area contributed by atoms with Crippen LogP contribution < -0.4 is 14.3 Å². The van der Waals surface area contributed by atoms with Crippen LogP contribution in [0, 0.1) is 0 Å². The molecule has 1 saturated heterocycles. The Hall–Kier alpha value is -3.95. The molecule has 0 aliphatic carbocycles. The van der Waals surface area contributed by atoms with Crippen molar-refractivity contribution in [2.75, 3.05) is 54.1 Å².